The predicted octanol–water partition coefficient (Wildman–Crippen LogP) is 3.92. The SMILES string of the molecule is Cc1ccc2oc(NC(=O)C3(NC(=O)OCc4ccccc4)CCC3)nc2c1. The molecule has 144 valence electrons. The predicted molar refractivity (Wildman–Crippen MR) is 104 cm³/mol. The third kappa shape index (κ3) is 3.69. The summed E-state index contributed by atoms with van der Waals surface area (Å²) in [4.78, 5) is 29.3. The average molecular weight is 379 g/mol. The Balaban J connectivity index is 1.40. The Hall–Kier alpha value is -3.35. The summed E-state index contributed by atoms with van der Waals surface area (Å²) in [5.74, 6) is -0.348. The van der Waals surface area contributed by atoms with E-state index in [1.165, 1.54) is 0 Å². The van der Waals surface area contributed by atoms with Crippen LogP contribution in [0.4, 0.5) is 10.8 Å². The van der Waals surface area contributed by atoms with Gasteiger partial charge in [-0.3, -0.25) is 10.1 Å². The largest absolute Gasteiger partial charge is 0.445 e. The Morgan fingerprint density at radius 2 is 1.96 bits per heavy atom. The van der Waals surface area contributed by atoms with Crippen LogP contribution in [0.15, 0.2) is 52.9 Å². The van der Waals surface area contributed by atoms with Crippen molar-refractivity contribution in [3.05, 3.63) is 59.7 Å². The number of alkyl carbamates (subject to hydrolysis) is 1. The van der Waals surface area contributed by atoms with Gasteiger partial charge in [-0.05, 0) is 49.4 Å². The fourth-order valence-corrected chi connectivity index (χ4v) is 3.20. The highest BCUT2D eigenvalue weighted by atomic mass is 16.5. The molecule has 1 saturated carbocycles. The number of nitrogens with one attached hydrogen (secondary N) is 2. The van der Waals surface area contributed by atoms with Crippen LogP contribution in [0.3, 0.4) is 0 Å². The Morgan fingerprint density at radius 3 is 2.68 bits per heavy atom. The molecule has 2 amide bonds. The summed E-state index contributed by atoms with van der Waals surface area (Å²) in [5, 5.41) is 5.41. The lowest BCUT2D eigenvalue weighted by Gasteiger charge is -2.39. The molecule has 1 fully saturated rings. The molecule has 2 aromatic carbocycles. The molecule has 0 bridgehead atoms. The molecule has 1 aliphatic rings. The molecule has 0 saturated heterocycles. The number of hydrogen-bond donors (Lipinski definition) is 2. The Bertz CT molecular complexity index is 1010. The van der Waals surface area contributed by atoms with Gasteiger partial charge in [0.2, 0.25) is 0 Å². The van der Waals surface area contributed by atoms with E-state index in [9.17, 15) is 9.59 Å². The third-order valence-corrected chi connectivity index (χ3v) is 4.96. The first kappa shape index (κ1) is 18.0. The number of ether oxygens (including phenoxy) is 1. The van der Waals surface area contributed by atoms with Crippen LogP contribution in [0.5, 0.6) is 0 Å². The molecule has 0 aliphatic heterocycles. The van der Waals surface area contributed by atoms with Gasteiger partial charge in [-0.1, -0.05) is 36.4 Å². The molecule has 1 aromatic heterocycles. The van der Waals surface area contributed by atoms with Crippen molar-refractivity contribution in [2.45, 2.75) is 38.3 Å². The van der Waals surface area contributed by atoms with Crippen LogP contribution in [0, 0.1) is 6.92 Å². The molecule has 0 radical (unpaired) electrons. The lowest BCUT2D eigenvalue weighted by atomic mass is 9.76. The zero-order valence-corrected chi connectivity index (χ0v) is 15.5. The van der Waals surface area contributed by atoms with Crippen LogP contribution in [-0.4, -0.2) is 22.5 Å². The van der Waals surface area contributed by atoms with Crippen LogP contribution in [0.2, 0.25) is 0 Å². The molecule has 28 heavy (non-hydrogen) atoms. The molecule has 0 unspecified atom stereocenters. The summed E-state index contributed by atoms with van der Waals surface area (Å²) in [7, 11) is 0. The zero-order valence-electron chi connectivity index (χ0n) is 15.5. The minimum atomic E-state index is -0.996. The first-order valence-electron chi connectivity index (χ1n) is 9.22. The van der Waals surface area contributed by atoms with E-state index in [-0.39, 0.29) is 18.5 Å². The van der Waals surface area contributed by atoms with Crippen molar-refractivity contribution < 1.29 is 18.7 Å². The molecule has 1 heterocycles. The van der Waals surface area contributed by atoms with E-state index in [1.807, 2.05) is 55.5 Å². The van der Waals surface area contributed by atoms with Crippen LogP contribution in [0.1, 0.15) is 30.4 Å². The van der Waals surface area contributed by atoms with Gasteiger partial charge in [0.25, 0.3) is 5.91 Å². The fraction of sp³-hybridized carbons (Fsp3) is 0.286. The van der Waals surface area contributed by atoms with Crippen molar-refractivity contribution in [1.29, 1.82) is 0 Å². The molecule has 2 N–H and O–H groups in total. The van der Waals surface area contributed by atoms with Gasteiger partial charge >= 0.3 is 12.1 Å². The average Bonchev–Trinajstić information content (AvgIpc) is 3.05. The summed E-state index contributed by atoms with van der Waals surface area (Å²) in [6, 6.07) is 15.1. The van der Waals surface area contributed by atoms with E-state index in [1.54, 1.807) is 0 Å². The number of fused-ring (bicyclic) bond motifs is 1. The molecule has 7 heteroatoms. The van der Waals surface area contributed by atoms with Gasteiger partial charge in [0, 0.05) is 0 Å². The topological polar surface area (TPSA) is 93.5 Å². The molecule has 0 spiro atoms. The highest BCUT2D eigenvalue weighted by Crippen LogP contribution is 2.33. The van der Waals surface area contributed by atoms with E-state index in [0.717, 1.165) is 17.5 Å². The number of nitrogens with zero attached hydrogens (tertiary/aromatic N) is 1. The summed E-state index contributed by atoms with van der Waals surface area (Å²) >= 11 is 0. The number of aryl methyl sites for hydroxylation is 1. The number of oxazole rings is 1. The zero-order chi connectivity index (χ0) is 19.6. The lowest BCUT2D eigenvalue weighted by molar-refractivity contribution is -0.125. The molecular formula is C21H21N3O4. The number of benzene rings is 2. The third-order valence-electron chi connectivity index (χ3n) is 4.96. The number of hydrogen-bond acceptors (Lipinski definition) is 5. The summed E-state index contributed by atoms with van der Waals surface area (Å²) in [6.45, 7) is 2.11. The smallest absolute Gasteiger partial charge is 0.408 e. The monoisotopic (exact) mass is 379 g/mol. The standard InChI is InChI=1S/C21H21N3O4/c1-14-8-9-17-16(12-14)22-19(28-17)23-18(25)21(10-5-11-21)24-20(26)27-13-15-6-3-2-4-7-15/h2-4,6-9,12H,5,10-11,13H2,1H3,(H,24,26)(H,22,23,25). The maximum atomic E-state index is 12.8. The minimum Gasteiger partial charge on any atom is -0.445 e. The van der Waals surface area contributed by atoms with Crippen LogP contribution in [0.25, 0.3) is 11.1 Å². The van der Waals surface area contributed by atoms with E-state index in [2.05, 4.69) is 15.6 Å². The number of aromatic nitrogens is 1. The van der Waals surface area contributed by atoms with Gasteiger partial charge < -0.3 is 14.5 Å². The number of carbonyl (C=O) groups excluding carboxylic acids is 2. The summed E-state index contributed by atoms with van der Waals surface area (Å²) in [6.07, 6.45) is 1.31. The molecule has 4 rings (SSSR count). The summed E-state index contributed by atoms with van der Waals surface area (Å²) in [5.41, 5.74) is 2.21. The Kier molecular flexibility index (Phi) is 4.73. The maximum absolute atomic E-state index is 12.8. The second-order valence-electron chi connectivity index (χ2n) is 7.07. The van der Waals surface area contributed by atoms with Crippen LogP contribution in [-0.2, 0) is 16.1 Å². The van der Waals surface area contributed by atoms with Crippen molar-refractivity contribution >= 4 is 29.1 Å². The normalized spacial score (nSPS) is 14.9. The van der Waals surface area contributed by atoms with Crippen molar-refractivity contribution in [3.63, 3.8) is 0 Å². The first-order chi connectivity index (χ1) is 13.5. The van der Waals surface area contributed by atoms with Crippen molar-refractivity contribution in [3.8, 4) is 0 Å². The first-order valence-corrected chi connectivity index (χ1v) is 9.22. The second-order valence-corrected chi connectivity index (χ2v) is 7.07. The van der Waals surface area contributed by atoms with Crippen LogP contribution < -0.4 is 10.6 Å². The van der Waals surface area contributed by atoms with E-state index in [0.29, 0.717) is 23.9 Å². The highest BCUT2D eigenvalue weighted by Gasteiger charge is 2.46. The van der Waals surface area contributed by atoms with Crippen molar-refractivity contribution in [2.24, 2.45) is 0 Å². The summed E-state index contributed by atoms with van der Waals surface area (Å²) < 4.78 is 10.8. The number of carbonyl (C=O) groups is 2. The van der Waals surface area contributed by atoms with Gasteiger partial charge in [0.1, 0.15) is 17.7 Å². The van der Waals surface area contributed by atoms with E-state index in [4.69, 9.17) is 9.15 Å². The van der Waals surface area contributed by atoms with Gasteiger partial charge in [0.15, 0.2) is 5.58 Å². The number of anilines is 1. The Labute approximate surface area is 162 Å². The van der Waals surface area contributed by atoms with E-state index >= 15 is 0 Å². The fourth-order valence-electron chi connectivity index (χ4n) is 3.20. The van der Waals surface area contributed by atoms with Crippen LogP contribution >= 0.6 is 0 Å². The second kappa shape index (κ2) is 7.34. The van der Waals surface area contributed by atoms with Crippen molar-refractivity contribution in [1.82, 2.24) is 10.3 Å². The highest BCUT2D eigenvalue weighted by molar-refractivity contribution is 6.00. The van der Waals surface area contributed by atoms with Gasteiger partial charge in [-0.2, -0.15) is 4.98 Å². The van der Waals surface area contributed by atoms with Crippen molar-refractivity contribution in [2.75, 3.05) is 5.32 Å². The van der Waals surface area contributed by atoms with E-state index < -0.39 is 11.6 Å². The number of rotatable bonds is 5. The quantitative estimate of drug-likeness (QED) is 0.701. The lowest BCUT2D eigenvalue weighted by Crippen LogP contribution is -2.61. The molecule has 7 nitrogen and oxygen atoms in total. The number of amides is 2. The molecule has 0 atom stereocenters. The molecular weight excluding hydrogens is 358 g/mol. The maximum Gasteiger partial charge on any atom is 0.408 e. The van der Waals surface area contributed by atoms with Gasteiger partial charge in [-0.15, -0.1) is 0 Å². The minimum absolute atomic E-state index is 0.122. The Morgan fingerprint density at radius 1 is 1.18 bits per heavy atom. The van der Waals surface area contributed by atoms with Gasteiger partial charge in [-0.25, -0.2) is 4.79 Å². The molecule has 1 aliphatic carbocycles. The molecule has 3 aromatic rings. The van der Waals surface area contributed by atoms with Gasteiger partial charge in [0.05, 0.1) is 0 Å².